The van der Waals surface area contributed by atoms with E-state index >= 15 is 0 Å². The molecule has 0 fully saturated rings. The summed E-state index contributed by atoms with van der Waals surface area (Å²) in [5.74, 6) is 13.3. The lowest BCUT2D eigenvalue weighted by atomic mass is 9.71. The van der Waals surface area contributed by atoms with E-state index in [4.69, 9.17) is 47.7 Å². The topological polar surface area (TPSA) is 55.4 Å². The van der Waals surface area contributed by atoms with Crippen molar-refractivity contribution in [3.05, 3.63) is 179 Å². The molecule has 6 rings (SSSR count). The Morgan fingerprint density at radius 1 is 0.237 bits per heavy atom. The molecule has 80 heavy (non-hydrogen) atoms. The molecular formula is C74H90O6. The Morgan fingerprint density at radius 3 is 0.550 bits per heavy atom. The van der Waals surface area contributed by atoms with Gasteiger partial charge in [-0.1, -0.05) is 170 Å². The fourth-order valence-electron chi connectivity index (χ4n) is 10.0. The van der Waals surface area contributed by atoms with Gasteiger partial charge in [0.05, 0.1) is 39.6 Å². The second-order valence-electron chi connectivity index (χ2n) is 21.3. The Balaban J connectivity index is 0.890. The van der Waals surface area contributed by atoms with Gasteiger partial charge < -0.3 is 28.4 Å². The first-order valence-corrected chi connectivity index (χ1v) is 30.3. The fraction of sp³-hybridized carbons (Fsp3) is 0.432. The van der Waals surface area contributed by atoms with Crippen molar-refractivity contribution in [2.45, 2.75) is 166 Å². The molecule has 0 aliphatic heterocycles. The van der Waals surface area contributed by atoms with Crippen molar-refractivity contribution in [2.75, 3.05) is 39.6 Å². The highest BCUT2D eigenvalue weighted by Gasteiger charge is 2.31. The summed E-state index contributed by atoms with van der Waals surface area (Å²) < 4.78 is 36.5. The lowest BCUT2D eigenvalue weighted by molar-refractivity contribution is 0.301. The first-order chi connectivity index (χ1) is 39.5. The molecule has 0 saturated heterocycles. The van der Waals surface area contributed by atoms with Crippen LogP contribution in [0.2, 0.25) is 0 Å². The Bertz CT molecular complexity index is 2390. The highest BCUT2D eigenvalue weighted by molar-refractivity contribution is 5.52. The first kappa shape index (κ1) is 62.0. The standard InChI is InChI=1S/C74H90O6/c1-5-62-32-44-68(45-33-62)75-56-26-20-14-8-11-17-23-29-59-78-71-50-38-65(39-51-71)74(4,66-40-52-72(53-41-66)79-60-30-24-18-12-9-15-21-27-57-76-69-46-34-63(6-2)35-47-69)67-42-54-73(55-43-67)80-61-31-25-19-13-10-16-22-28-58-77-70-48-36-64(7-3)37-49-70/h1-3,32-55H,8-31,56-61H2,4H3. The minimum absolute atomic E-state index is 0.416. The number of benzene rings is 6. The van der Waals surface area contributed by atoms with Gasteiger partial charge in [0.15, 0.2) is 0 Å². The van der Waals surface area contributed by atoms with Gasteiger partial charge in [0.1, 0.15) is 34.5 Å². The average molecular weight is 1080 g/mol. The second-order valence-corrected chi connectivity index (χ2v) is 21.3. The summed E-state index contributed by atoms with van der Waals surface area (Å²) in [4.78, 5) is 0. The van der Waals surface area contributed by atoms with Crippen molar-refractivity contribution in [1.82, 2.24) is 0 Å². The molecule has 422 valence electrons. The molecule has 0 N–H and O–H groups in total. The number of unbranched alkanes of at least 4 members (excludes halogenated alkanes) is 21. The summed E-state index contributed by atoms with van der Waals surface area (Å²) in [5.41, 5.74) is 5.84. The molecular weight excluding hydrogens is 985 g/mol. The zero-order chi connectivity index (χ0) is 56.0. The normalized spacial score (nSPS) is 11.0. The van der Waals surface area contributed by atoms with Crippen LogP contribution in [0.25, 0.3) is 0 Å². The molecule has 0 radical (unpaired) electrons. The second kappa shape index (κ2) is 37.6. The molecule has 6 heteroatoms. The van der Waals surface area contributed by atoms with Crippen LogP contribution in [0.15, 0.2) is 146 Å². The fourth-order valence-corrected chi connectivity index (χ4v) is 10.0. The summed E-state index contributed by atoms with van der Waals surface area (Å²) in [6.45, 7) is 6.75. The summed E-state index contributed by atoms with van der Waals surface area (Å²) >= 11 is 0. The van der Waals surface area contributed by atoms with E-state index in [1.165, 1.54) is 132 Å². The lowest BCUT2D eigenvalue weighted by Crippen LogP contribution is -2.25. The maximum atomic E-state index is 6.28. The highest BCUT2D eigenvalue weighted by atomic mass is 16.5. The maximum Gasteiger partial charge on any atom is 0.119 e. The quantitative estimate of drug-likeness (QED) is 0.0216. The van der Waals surface area contributed by atoms with Crippen LogP contribution in [0, 0.1) is 37.0 Å². The Kier molecular flexibility index (Phi) is 29.2. The van der Waals surface area contributed by atoms with Gasteiger partial charge in [0.2, 0.25) is 0 Å². The van der Waals surface area contributed by atoms with E-state index in [-0.39, 0.29) is 0 Å². The van der Waals surface area contributed by atoms with Gasteiger partial charge >= 0.3 is 0 Å². The van der Waals surface area contributed by atoms with Gasteiger partial charge in [-0.05, 0) is 171 Å². The third-order valence-corrected chi connectivity index (χ3v) is 15.1. The smallest absolute Gasteiger partial charge is 0.119 e. The highest BCUT2D eigenvalue weighted by Crippen LogP contribution is 2.41. The number of hydrogen-bond acceptors (Lipinski definition) is 6. The molecule has 0 aromatic heterocycles. The monoisotopic (exact) mass is 1070 g/mol. The maximum absolute atomic E-state index is 6.28. The lowest BCUT2D eigenvalue weighted by Gasteiger charge is -2.32. The molecule has 0 saturated carbocycles. The van der Waals surface area contributed by atoms with Crippen LogP contribution in [0.1, 0.15) is 194 Å². The Morgan fingerprint density at radius 2 is 0.388 bits per heavy atom. The summed E-state index contributed by atoms with van der Waals surface area (Å²) in [6, 6.07) is 49.5. The van der Waals surface area contributed by atoms with Crippen LogP contribution >= 0.6 is 0 Å². The van der Waals surface area contributed by atoms with Gasteiger partial charge in [0.25, 0.3) is 0 Å². The van der Waals surface area contributed by atoms with Crippen molar-refractivity contribution < 1.29 is 28.4 Å². The Labute approximate surface area is 482 Å². The van der Waals surface area contributed by atoms with Crippen LogP contribution in [-0.2, 0) is 5.41 Å². The molecule has 0 amide bonds. The average Bonchev–Trinajstić information content (AvgIpc) is 3.52. The van der Waals surface area contributed by atoms with Gasteiger partial charge in [-0.2, -0.15) is 0 Å². The van der Waals surface area contributed by atoms with E-state index in [1.807, 2.05) is 72.8 Å². The summed E-state index contributed by atoms with van der Waals surface area (Å²) in [7, 11) is 0. The molecule has 6 aromatic rings. The molecule has 0 bridgehead atoms. The predicted octanol–water partition coefficient (Wildman–Crippen LogP) is 18.7. The zero-order valence-corrected chi connectivity index (χ0v) is 48.3. The zero-order valence-electron chi connectivity index (χ0n) is 48.3. The van der Waals surface area contributed by atoms with E-state index in [9.17, 15) is 0 Å². The van der Waals surface area contributed by atoms with Gasteiger partial charge in [0, 0.05) is 22.1 Å². The third-order valence-electron chi connectivity index (χ3n) is 15.1. The minimum atomic E-state index is -0.416. The Hall–Kier alpha value is -7.20. The minimum Gasteiger partial charge on any atom is -0.494 e. The summed E-state index contributed by atoms with van der Waals surface area (Å²) in [5, 5.41) is 0. The number of rotatable bonds is 42. The molecule has 0 spiro atoms. The van der Waals surface area contributed by atoms with E-state index in [1.54, 1.807) is 0 Å². The SMILES string of the molecule is C#Cc1ccc(OCCCCCCCCCCOc2ccc(C(C)(c3ccc(OCCCCCCCCCCOc4ccc(C#C)cc4)cc3)c3ccc(OCCCCCCCCCCOc4ccc(C#C)cc4)cc3)cc2)cc1. The van der Waals surface area contributed by atoms with E-state index < -0.39 is 5.41 Å². The molecule has 6 aromatic carbocycles. The molecule has 6 nitrogen and oxygen atoms in total. The van der Waals surface area contributed by atoms with Gasteiger partial charge in [-0.3, -0.25) is 0 Å². The van der Waals surface area contributed by atoms with Crippen molar-refractivity contribution in [3.63, 3.8) is 0 Å². The van der Waals surface area contributed by atoms with Crippen molar-refractivity contribution in [1.29, 1.82) is 0 Å². The first-order valence-electron chi connectivity index (χ1n) is 30.3. The van der Waals surface area contributed by atoms with Crippen LogP contribution < -0.4 is 28.4 Å². The summed E-state index contributed by atoms with van der Waals surface area (Å²) in [6.07, 6.45) is 44.9. The molecule has 0 heterocycles. The van der Waals surface area contributed by atoms with Crippen LogP contribution in [0.4, 0.5) is 0 Å². The molecule has 0 unspecified atom stereocenters. The number of hydrogen-bond donors (Lipinski definition) is 0. The predicted molar refractivity (Wildman–Crippen MR) is 332 cm³/mol. The van der Waals surface area contributed by atoms with E-state index in [2.05, 4.69) is 97.5 Å². The number of ether oxygens (including phenoxy) is 6. The molecule has 0 aliphatic rings. The van der Waals surface area contributed by atoms with Crippen LogP contribution in [0.3, 0.4) is 0 Å². The van der Waals surface area contributed by atoms with Crippen molar-refractivity contribution in [2.24, 2.45) is 0 Å². The third kappa shape index (κ3) is 23.3. The van der Waals surface area contributed by atoms with Gasteiger partial charge in [-0.15, -0.1) is 19.3 Å². The van der Waals surface area contributed by atoms with Crippen molar-refractivity contribution in [3.8, 4) is 71.5 Å². The molecule has 0 atom stereocenters. The number of terminal acetylenes is 3. The van der Waals surface area contributed by atoms with Crippen LogP contribution in [0.5, 0.6) is 34.5 Å². The molecule has 0 aliphatic carbocycles. The van der Waals surface area contributed by atoms with Gasteiger partial charge in [-0.25, -0.2) is 0 Å². The largest absolute Gasteiger partial charge is 0.494 e. The van der Waals surface area contributed by atoms with E-state index in [0.717, 1.165) is 129 Å². The van der Waals surface area contributed by atoms with E-state index in [0.29, 0.717) is 0 Å². The van der Waals surface area contributed by atoms with Crippen LogP contribution in [-0.4, -0.2) is 39.6 Å². The van der Waals surface area contributed by atoms with Crippen molar-refractivity contribution >= 4 is 0 Å².